The Balaban J connectivity index is 1.96. The van der Waals surface area contributed by atoms with Crippen molar-refractivity contribution in [3.63, 3.8) is 0 Å². The van der Waals surface area contributed by atoms with E-state index in [9.17, 15) is 13.6 Å². The summed E-state index contributed by atoms with van der Waals surface area (Å²) in [7, 11) is 1.56. The third-order valence-corrected chi connectivity index (χ3v) is 5.34. The average Bonchev–Trinajstić information content (AvgIpc) is 2.94. The summed E-state index contributed by atoms with van der Waals surface area (Å²) in [6.07, 6.45) is 1.36. The molecule has 0 saturated heterocycles. The van der Waals surface area contributed by atoms with Crippen molar-refractivity contribution in [1.82, 2.24) is 0 Å². The molecule has 6 heteroatoms. The first-order chi connectivity index (χ1) is 13.6. The van der Waals surface area contributed by atoms with Crippen molar-refractivity contribution in [3.05, 3.63) is 47.0 Å². The van der Waals surface area contributed by atoms with Crippen molar-refractivity contribution in [2.75, 3.05) is 7.11 Å². The van der Waals surface area contributed by atoms with Crippen molar-refractivity contribution < 1.29 is 28.2 Å². The minimum absolute atomic E-state index is 0.000811. The Morgan fingerprint density at radius 2 is 1.93 bits per heavy atom. The summed E-state index contributed by atoms with van der Waals surface area (Å²) in [5, 5.41) is 8.75. The van der Waals surface area contributed by atoms with Crippen molar-refractivity contribution in [2.45, 2.75) is 58.0 Å². The summed E-state index contributed by atoms with van der Waals surface area (Å²) in [5.41, 5.74) is 1.61. The summed E-state index contributed by atoms with van der Waals surface area (Å²) in [6, 6.07) is 6.24. The molecule has 2 aromatic rings. The molecular formula is C23H26F2O4. The molecular weight excluding hydrogens is 378 g/mol. The maximum Gasteiger partial charge on any atom is 0.303 e. The van der Waals surface area contributed by atoms with E-state index in [2.05, 4.69) is 0 Å². The Hall–Kier alpha value is -2.63. The lowest BCUT2D eigenvalue weighted by Gasteiger charge is -2.17. The van der Waals surface area contributed by atoms with Crippen LogP contribution in [0.1, 0.15) is 57.1 Å². The van der Waals surface area contributed by atoms with Crippen LogP contribution in [0.5, 0.6) is 11.5 Å². The molecule has 4 nitrogen and oxygen atoms in total. The fraction of sp³-hybridized carbons (Fsp3) is 0.435. The zero-order valence-electron chi connectivity index (χ0n) is 17.1. The third kappa shape index (κ3) is 4.36. The first-order valence-electron chi connectivity index (χ1n) is 9.73. The first-order valence-corrected chi connectivity index (χ1v) is 9.73. The molecule has 1 unspecified atom stereocenters. The molecule has 0 radical (unpaired) electrons. The molecule has 0 fully saturated rings. The predicted molar refractivity (Wildman–Crippen MR) is 107 cm³/mol. The molecule has 29 heavy (non-hydrogen) atoms. The van der Waals surface area contributed by atoms with Crippen molar-refractivity contribution in [1.29, 1.82) is 0 Å². The second kappa shape index (κ2) is 8.01. The normalized spacial score (nSPS) is 15.5. The van der Waals surface area contributed by atoms with Gasteiger partial charge >= 0.3 is 5.97 Å². The van der Waals surface area contributed by atoms with Crippen LogP contribution in [-0.4, -0.2) is 23.8 Å². The van der Waals surface area contributed by atoms with Gasteiger partial charge in [0.05, 0.1) is 7.11 Å². The summed E-state index contributed by atoms with van der Waals surface area (Å²) < 4.78 is 41.1. The maximum absolute atomic E-state index is 14.9. The number of hydrogen-bond acceptors (Lipinski definition) is 3. The molecule has 2 aromatic carbocycles. The van der Waals surface area contributed by atoms with Gasteiger partial charge in [-0.15, -0.1) is 0 Å². The van der Waals surface area contributed by atoms with Crippen molar-refractivity contribution >= 4 is 5.97 Å². The van der Waals surface area contributed by atoms with Crippen LogP contribution in [0.25, 0.3) is 11.1 Å². The molecule has 0 spiro atoms. The second-order valence-corrected chi connectivity index (χ2v) is 8.20. The van der Waals surface area contributed by atoms with Gasteiger partial charge in [-0.25, -0.2) is 8.78 Å². The van der Waals surface area contributed by atoms with E-state index < -0.39 is 29.1 Å². The molecule has 0 bridgehead atoms. The van der Waals surface area contributed by atoms with Crippen LogP contribution in [0.2, 0.25) is 0 Å². The molecule has 0 saturated carbocycles. The number of rotatable bonds is 7. The van der Waals surface area contributed by atoms with Crippen LogP contribution in [0.15, 0.2) is 24.3 Å². The van der Waals surface area contributed by atoms with E-state index in [-0.39, 0.29) is 12.0 Å². The average molecular weight is 404 g/mol. The Bertz CT molecular complexity index is 914. The van der Waals surface area contributed by atoms with Gasteiger partial charge in [0.1, 0.15) is 17.2 Å². The lowest BCUT2D eigenvalue weighted by molar-refractivity contribution is -0.137. The van der Waals surface area contributed by atoms with E-state index in [0.29, 0.717) is 41.9 Å². The molecule has 0 aliphatic carbocycles. The Kier molecular flexibility index (Phi) is 5.82. The molecule has 0 aromatic heterocycles. The highest BCUT2D eigenvalue weighted by Gasteiger charge is 2.35. The quantitative estimate of drug-likeness (QED) is 0.642. The molecule has 156 valence electrons. The summed E-state index contributed by atoms with van der Waals surface area (Å²) >= 11 is 0. The van der Waals surface area contributed by atoms with Gasteiger partial charge in [0.2, 0.25) is 0 Å². The van der Waals surface area contributed by atoms with Gasteiger partial charge in [0.15, 0.2) is 11.5 Å². The van der Waals surface area contributed by atoms with Gasteiger partial charge in [-0.1, -0.05) is 13.0 Å². The van der Waals surface area contributed by atoms with Crippen molar-refractivity contribution in [3.8, 4) is 22.6 Å². The van der Waals surface area contributed by atoms with Gasteiger partial charge in [-0.2, -0.15) is 0 Å². The van der Waals surface area contributed by atoms with Gasteiger partial charge in [-0.05, 0) is 61.9 Å². The monoisotopic (exact) mass is 404 g/mol. The van der Waals surface area contributed by atoms with E-state index in [1.807, 2.05) is 13.8 Å². The number of benzene rings is 2. The number of carboxylic acid groups (broad SMARTS) is 1. The van der Waals surface area contributed by atoms with Crippen LogP contribution in [0.3, 0.4) is 0 Å². The number of halogens is 2. The minimum atomic E-state index is -0.910. The van der Waals surface area contributed by atoms with Gasteiger partial charge < -0.3 is 14.6 Å². The van der Waals surface area contributed by atoms with E-state index in [4.69, 9.17) is 14.6 Å². The largest absolute Gasteiger partial charge is 0.493 e. The number of carbonyl (C=O) groups is 1. The molecule has 1 N–H and O–H groups in total. The van der Waals surface area contributed by atoms with Crippen LogP contribution < -0.4 is 9.47 Å². The molecule has 1 heterocycles. The highest BCUT2D eigenvalue weighted by Crippen LogP contribution is 2.47. The second-order valence-electron chi connectivity index (χ2n) is 8.20. The molecule has 3 rings (SSSR count). The number of carboxylic acids is 1. The molecule has 0 amide bonds. The summed E-state index contributed by atoms with van der Waals surface area (Å²) in [4.78, 5) is 10.7. The zero-order valence-corrected chi connectivity index (χ0v) is 17.1. The van der Waals surface area contributed by atoms with Gasteiger partial charge in [-0.3, -0.25) is 4.79 Å². The van der Waals surface area contributed by atoms with Gasteiger partial charge in [0, 0.05) is 24.0 Å². The lowest BCUT2D eigenvalue weighted by atomic mass is 9.89. The van der Waals surface area contributed by atoms with Crippen LogP contribution in [-0.2, 0) is 11.2 Å². The Morgan fingerprint density at radius 3 is 2.52 bits per heavy atom. The van der Waals surface area contributed by atoms with Gasteiger partial charge in [0.25, 0.3) is 0 Å². The topological polar surface area (TPSA) is 55.8 Å². The number of methoxy groups -OCH3 is 1. The maximum atomic E-state index is 14.9. The lowest BCUT2D eigenvalue weighted by Crippen LogP contribution is -2.24. The van der Waals surface area contributed by atoms with E-state index >= 15 is 0 Å². The highest BCUT2D eigenvalue weighted by atomic mass is 19.1. The molecule has 1 atom stereocenters. The van der Waals surface area contributed by atoms with E-state index in [0.717, 1.165) is 5.56 Å². The predicted octanol–water partition coefficient (Wildman–Crippen LogP) is 5.71. The van der Waals surface area contributed by atoms with Crippen molar-refractivity contribution in [2.24, 2.45) is 0 Å². The number of hydrogen-bond donors (Lipinski definition) is 1. The van der Waals surface area contributed by atoms with Crippen LogP contribution >= 0.6 is 0 Å². The highest BCUT2D eigenvalue weighted by molar-refractivity contribution is 5.74. The summed E-state index contributed by atoms with van der Waals surface area (Å²) in [6.45, 7) is 5.63. The fourth-order valence-corrected chi connectivity index (χ4v) is 3.98. The third-order valence-electron chi connectivity index (χ3n) is 5.34. The summed E-state index contributed by atoms with van der Waals surface area (Å²) in [5.74, 6) is -1.35. The molecule has 1 aliphatic heterocycles. The Labute approximate surface area is 169 Å². The number of fused-ring (bicyclic) bond motifs is 1. The van der Waals surface area contributed by atoms with E-state index in [1.165, 1.54) is 12.1 Å². The van der Waals surface area contributed by atoms with Crippen LogP contribution in [0, 0.1) is 11.6 Å². The smallest absolute Gasteiger partial charge is 0.303 e. The van der Waals surface area contributed by atoms with E-state index in [1.54, 1.807) is 26.2 Å². The number of ether oxygens (including phenoxy) is 2. The Morgan fingerprint density at radius 1 is 1.28 bits per heavy atom. The standard InChI is InChI=1S/C23H26F2O4/c1-13(6-5-7-20(26)27)21-17(24)10-14(11-18(21)25)15-8-9-19(28-4)22-16(15)12-23(2,3)29-22/h8-11,13H,5-7,12H2,1-4H3,(H,26,27). The molecule has 1 aliphatic rings. The number of aliphatic carboxylic acids is 1. The zero-order chi connectivity index (χ0) is 21.3. The van der Waals surface area contributed by atoms with Crippen LogP contribution in [0.4, 0.5) is 8.78 Å². The SMILES string of the molecule is COc1ccc(-c2cc(F)c(C(C)CCCC(=O)O)c(F)c2)c2c1OC(C)(C)C2. The minimum Gasteiger partial charge on any atom is -0.493 e. The fourth-order valence-electron chi connectivity index (χ4n) is 3.98. The first kappa shape index (κ1) is 21.1.